The van der Waals surface area contributed by atoms with Crippen molar-refractivity contribution in [3.05, 3.63) is 0 Å². The summed E-state index contributed by atoms with van der Waals surface area (Å²) >= 11 is 0. The van der Waals surface area contributed by atoms with Crippen molar-refractivity contribution < 1.29 is 14.3 Å². The predicted octanol–water partition coefficient (Wildman–Crippen LogP) is 1.13. The van der Waals surface area contributed by atoms with E-state index in [9.17, 15) is 9.59 Å². The van der Waals surface area contributed by atoms with Crippen molar-refractivity contribution in [3.8, 4) is 0 Å². The zero-order valence-electron chi connectivity index (χ0n) is 9.99. The second-order valence-electron chi connectivity index (χ2n) is 3.96. The second-order valence-corrected chi connectivity index (χ2v) is 3.96. The van der Waals surface area contributed by atoms with E-state index < -0.39 is 0 Å². The molecule has 0 spiro atoms. The molecule has 1 aliphatic heterocycles. The van der Waals surface area contributed by atoms with Crippen LogP contribution in [0.4, 0.5) is 4.79 Å². The molecule has 0 aromatic heterocycles. The van der Waals surface area contributed by atoms with Gasteiger partial charge in [-0.25, -0.2) is 4.79 Å². The Kier molecular flexibility index (Phi) is 5.08. The minimum absolute atomic E-state index is 0.00671. The van der Waals surface area contributed by atoms with Crippen molar-refractivity contribution in [1.82, 2.24) is 10.2 Å². The number of hydrogen-bond donors (Lipinski definition) is 1. The summed E-state index contributed by atoms with van der Waals surface area (Å²) in [6.45, 7) is 3.23. The molecule has 1 heterocycles. The van der Waals surface area contributed by atoms with Gasteiger partial charge in [-0.1, -0.05) is 0 Å². The molecule has 0 bridgehead atoms. The first kappa shape index (κ1) is 12.8. The lowest BCUT2D eigenvalue weighted by molar-refractivity contribution is -0.142. The van der Waals surface area contributed by atoms with Crippen LogP contribution in [0.5, 0.6) is 0 Å². The smallest absolute Gasteiger partial charge is 0.317 e. The molecule has 0 aromatic carbocycles. The lowest BCUT2D eigenvalue weighted by atomic mass is 10.00. The molecule has 1 N–H and O–H groups in total. The number of piperidine rings is 1. The molecule has 1 unspecified atom stereocenters. The van der Waals surface area contributed by atoms with E-state index in [1.807, 2.05) is 6.92 Å². The maximum absolute atomic E-state index is 11.7. The minimum atomic E-state index is -0.249. The van der Waals surface area contributed by atoms with Gasteiger partial charge in [-0.3, -0.25) is 4.79 Å². The third-order valence-corrected chi connectivity index (χ3v) is 2.85. The SMILES string of the molecule is CCNC(=O)N1CCCCC1CC(=O)OC. The topological polar surface area (TPSA) is 58.6 Å². The fourth-order valence-electron chi connectivity index (χ4n) is 2.01. The van der Waals surface area contributed by atoms with E-state index in [0.29, 0.717) is 13.0 Å². The van der Waals surface area contributed by atoms with Crippen LogP contribution < -0.4 is 5.32 Å². The van der Waals surface area contributed by atoms with Crippen LogP contribution in [0, 0.1) is 0 Å². The zero-order chi connectivity index (χ0) is 12.0. The molecule has 92 valence electrons. The normalized spacial score (nSPS) is 20.4. The number of nitrogens with one attached hydrogen (secondary N) is 1. The molecular formula is C11H20N2O3. The van der Waals surface area contributed by atoms with Crippen LogP contribution in [0.25, 0.3) is 0 Å². The maximum atomic E-state index is 11.7. The Morgan fingerprint density at radius 2 is 2.19 bits per heavy atom. The van der Waals surface area contributed by atoms with Crippen LogP contribution in [-0.2, 0) is 9.53 Å². The van der Waals surface area contributed by atoms with Crippen molar-refractivity contribution in [2.24, 2.45) is 0 Å². The fraction of sp³-hybridized carbons (Fsp3) is 0.818. The number of likely N-dealkylation sites (tertiary alicyclic amines) is 1. The number of carbonyl (C=O) groups is 2. The first-order valence-corrected chi connectivity index (χ1v) is 5.80. The van der Waals surface area contributed by atoms with Crippen molar-refractivity contribution in [2.45, 2.75) is 38.6 Å². The van der Waals surface area contributed by atoms with Gasteiger partial charge in [-0.2, -0.15) is 0 Å². The van der Waals surface area contributed by atoms with Gasteiger partial charge in [0.25, 0.3) is 0 Å². The molecule has 0 aliphatic carbocycles. The maximum Gasteiger partial charge on any atom is 0.317 e. The van der Waals surface area contributed by atoms with Crippen molar-refractivity contribution in [1.29, 1.82) is 0 Å². The average molecular weight is 228 g/mol. The van der Waals surface area contributed by atoms with Gasteiger partial charge in [0.05, 0.1) is 13.5 Å². The average Bonchev–Trinajstić information content (AvgIpc) is 2.30. The third-order valence-electron chi connectivity index (χ3n) is 2.85. The highest BCUT2D eigenvalue weighted by Gasteiger charge is 2.28. The third kappa shape index (κ3) is 3.40. The van der Waals surface area contributed by atoms with Crippen LogP contribution in [-0.4, -0.2) is 43.1 Å². The summed E-state index contributed by atoms with van der Waals surface area (Å²) in [5.41, 5.74) is 0. The van der Waals surface area contributed by atoms with E-state index in [1.165, 1.54) is 7.11 Å². The number of methoxy groups -OCH3 is 1. The summed E-state index contributed by atoms with van der Waals surface area (Å²) < 4.78 is 4.64. The number of ether oxygens (including phenoxy) is 1. The summed E-state index contributed by atoms with van der Waals surface area (Å²) in [7, 11) is 1.38. The number of hydrogen-bond acceptors (Lipinski definition) is 3. The standard InChI is InChI=1S/C11H20N2O3/c1-3-12-11(15)13-7-5-4-6-9(13)8-10(14)16-2/h9H,3-8H2,1-2H3,(H,12,15). The Balaban J connectivity index is 2.56. The highest BCUT2D eigenvalue weighted by atomic mass is 16.5. The number of carbonyl (C=O) groups excluding carboxylic acids is 2. The zero-order valence-corrected chi connectivity index (χ0v) is 9.99. The van der Waals surface area contributed by atoms with E-state index in [1.54, 1.807) is 4.90 Å². The molecule has 0 saturated carbocycles. The number of rotatable bonds is 3. The number of nitrogens with zero attached hydrogens (tertiary/aromatic N) is 1. The summed E-state index contributed by atoms with van der Waals surface area (Å²) in [5, 5.41) is 2.77. The molecule has 1 aliphatic rings. The van der Waals surface area contributed by atoms with Gasteiger partial charge < -0.3 is 15.0 Å². The molecule has 1 saturated heterocycles. The second kappa shape index (κ2) is 6.35. The summed E-state index contributed by atoms with van der Waals surface area (Å²) in [5.74, 6) is -0.249. The van der Waals surface area contributed by atoms with E-state index in [2.05, 4.69) is 10.1 Å². The Labute approximate surface area is 96.1 Å². The fourth-order valence-corrected chi connectivity index (χ4v) is 2.01. The van der Waals surface area contributed by atoms with Crippen molar-refractivity contribution >= 4 is 12.0 Å². The molecular weight excluding hydrogens is 208 g/mol. The molecule has 0 radical (unpaired) electrons. The molecule has 16 heavy (non-hydrogen) atoms. The minimum Gasteiger partial charge on any atom is -0.469 e. The summed E-state index contributed by atoms with van der Waals surface area (Å²) in [6, 6.07) is -0.0798. The Bertz CT molecular complexity index is 256. The lowest BCUT2D eigenvalue weighted by Crippen LogP contribution is -2.49. The first-order valence-electron chi connectivity index (χ1n) is 5.80. The van der Waals surface area contributed by atoms with Gasteiger partial charge in [0, 0.05) is 19.1 Å². The highest BCUT2D eigenvalue weighted by molar-refractivity contribution is 5.76. The summed E-state index contributed by atoms with van der Waals surface area (Å²) in [6.07, 6.45) is 3.26. The van der Waals surface area contributed by atoms with Crippen LogP contribution in [0.1, 0.15) is 32.6 Å². The summed E-state index contributed by atoms with van der Waals surface area (Å²) in [4.78, 5) is 24.7. The van der Waals surface area contributed by atoms with Crippen molar-refractivity contribution in [2.75, 3.05) is 20.2 Å². The largest absolute Gasteiger partial charge is 0.469 e. The molecule has 1 fully saturated rings. The molecule has 0 aromatic rings. The van der Waals surface area contributed by atoms with E-state index in [4.69, 9.17) is 0 Å². The number of urea groups is 1. The Morgan fingerprint density at radius 1 is 1.44 bits per heavy atom. The predicted molar refractivity (Wildman–Crippen MR) is 60.1 cm³/mol. The number of amides is 2. The first-order chi connectivity index (χ1) is 7.69. The van der Waals surface area contributed by atoms with Crippen LogP contribution in [0.15, 0.2) is 0 Å². The Morgan fingerprint density at radius 3 is 2.81 bits per heavy atom. The molecule has 2 amide bonds. The van der Waals surface area contributed by atoms with Gasteiger partial charge in [-0.05, 0) is 26.2 Å². The van der Waals surface area contributed by atoms with E-state index >= 15 is 0 Å². The van der Waals surface area contributed by atoms with E-state index in [-0.39, 0.29) is 18.0 Å². The van der Waals surface area contributed by atoms with Gasteiger partial charge in [0.2, 0.25) is 0 Å². The van der Waals surface area contributed by atoms with Gasteiger partial charge in [0.15, 0.2) is 0 Å². The van der Waals surface area contributed by atoms with Crippen LogP contribution in [0.3, 0.4) is 0 Å². The van der Waals surface area contributed by atoms with Crippen molar-refractivity contribution in [3.63, 3.8) is 0 Å². The van der Waals surface area contributed by atoms with Crippen LogP contribution in [0.2, 0.25) is 0 Å². The van der Waals surface area contributed by atoms with Crippen LogP contribution >= 0.6 is 0 Å². The molecule has 1 rings (SSSR count). The highest BCUT2D eigenvalue weighted by Crippen LogP contribution is 2.20. The quantitative estimate of drug-likeness (QED) is 0.737. The van der Waals surface area contributed by atoms with Gasteiger partial charge >= 0.3 is 12.0 Å². The molecule has 1 atom stereocenters. The number of esters is 1. The molecule has 5 heteroatoms. The van der Waals surface area contributed by atoms with Gasteiger partial charge in [0.1, 0.15) is 0 Å². The van der Waals surface area contributed by atoms with E-state index in [0.717, 1.165) is 25.8 Å². The van der Waals surface area contributed by atoms with Gasteiger partial charge in [-0.15, -0.1) is 0 Å². The molecule has 5 nitrogen and oxygen atoms in total. The monoisotopic (exact) mass is 228 g/mol. The lowest BCUT2D eigenvalue weighted by Gasteiger charge is -2.35. The Hall–Kier alpha value is -1.26.